The van der Waals surface area contributed by atoms with E-state index in [1.54, 1.807) is 31.4 Å². The Morgan fingerprint density at radius 2 is 1.77 bits per heavy atom. The molecular weight excluding hydrogens is 338 g/mol. The number of nitrogens with zero attached hydrogens (tertiary/aromatic N) is 1. The number of carbonyl (C=O) groups is 2. The van der Waals surface area contributed by atoms with Gasteiger partial charge in [0.2, 0.25) is 0 Å². The van der Waals surface area contributed by atoms with E-state index in [2.05, 4.69) is 10.6 Å². The normalized spacial score (nSPS) is 10.2. The number of benzene rings is 2. The van der Waals surface area contributed by atoms with Gasteiger partial charge in [-0.25, -0.2) is 0 Å². The fourth-order valence-corrected chi connectivity index (χ4v) is 2.22. The molecule has 0 radical (unpaired) electrons. The average molecular weight is 357 g/mol. The number of anilines is 1. The van der Waals surface area contributed by atoms with Crippen LogP contribution < -0.4 is 10.6 Å². The molecule has 0 spiro atoms. The van der Waals surface area contributed by atoms with Crippen molar-refractivity contribution in [3.8, 4) is 0 Å². The van der Waals surface area contributed by atoms with Crippen molar-refractivity contribution < 1.29 is 19.2 Å². The number of hydrogen-bond acceptors (Lipinski definition) is 5. The van der Waals surface area contributed by atoms with Crippen molar-refractivity contribution in [3.05, 3.63) is 69.8 Å². The first kappa shape index (κ1) is 19.1. The quantitative estimate of drug-likeness (QED) is 0.429. The van der Waals surface area contributed by atoms with Crippen LogP contribution in [0.3, 0.4) is 0 Å². The van der Waals surface area contributed by atoms with Crippen molar-refractivity contribution in [2.45, 2.75) is 6.42 Å². The fraction of sp³-hybridized carbons (Fsp3) is 0.222. The van der Waals surface area contributed by atoms with Crippen LogP contribution in [0.4, 0.5) is 11.4 Å². The van der Waals surface area contributed by atoms with E-state index in [0.717, 1.165) is 0 Å². The molecule has 0 saturated carbocycles. The first-order valence-electron chi connectivity index (χ1n) is 7.94. The van der Waals surface area contributed by atoms with Gasteiger partial charge < -0.3 is 15.4 Å². The summed E-state index contributed by atoms with van der Waals surface area (Å²) in [5.74, 6) is -0.751. The molecule has 0 unspecified atom stereocenters. The zero-order chi connectivity index (χ0) is 18.9. The maximum Gasteiger partial charge on any atom is 0.270 e. The second kappa shape index (κ2) is 9.28. The van der Waals surface area contributed by atoms with Crippen molar-refractivity contribution in [1.82, 2.24) is 5.32 Å². The molecule has 0 aliphatic carbocycles. The Kier molecular flexibility index (Phi) is 6.81. The molecule has 0 saturated heterocycles. The monoisotopic (exact) mass is 357 g/mol. The standard InChI is InChI=1S/C18H19N3O5/c1-26-10-4-9-19-17(22)13-5-2-7-15(11-13)20-18(23)14-6-3-8-16(12-14)21(24)25/h2-3,5-8,11-12H,4,9-10H2,1H3,(H,19,22)(H,20,23). The minimum Gasteiger partial charge on any atom is -0.385 e. The minimum atomic E-state index is -0.564. The van der Waals surface area contributed by atoms with Crippen LogP contribution in [0.1, 0.15) is 27.1 Å². The third-order valence-electron chi connectivity index (χ3n) is 3.51. The second-order valence-corrected chi connectivity index (χ2v) is 5.44. The maximum absolute atomic E-state index is 12.3. The molecule has 2 N–H and O–H groups in total. The molecule has 136 valence electrons. The summed E-state index contributed by atoms with van der Waals surface area (Å²) in [5.41, 5.74) is 0.820. The SMILES string of the molecule is COCCCNC(=O)c1cccc(NC(=O)c2cccc([N+](=O)[O-])c2)c1. The van der Waals surface area contributed by atoms with Gasteiger partial charge in [-0.1, -0.05) is 12.1 Å². The van der Waals surface area contributed by atoms with Gasteiger partial charge in [0.05, 0.1) is 4.92 Å². The van der Waals surface area contributed by atoms with Crippen LogP contribution >= 0.6 is 0 Å². The van der Waals surface area contributed by atoms with Crippen molar-refractivity contribution in [2.24, 2.45) is 0 Å². The minimum absolute atomic E-state index is 0.161. The number of ether oxygens (including phenoxy) is 1. The number of amides is 2. The van der Waals surface area contributed by atoms with E-state index in [4.69, 9.17) is 4.74 Å². The van der Waals surface area contributed by atoms with Gasteiger partial charge in [-0.15, -0.1) is 0 Å². The summed E-state index contributed by atoms with van der Waals surface area (Å²) in [7, 11) is 1.59. The van der Waals surface area contributed by atoms with E-state index in [1.807, 2.05) is 0 Å². The summed E-state index contributed by atoms with van der Waals surface area (Å²) in [6.07, 6.45) is 0.700. The van der Waals surface area contributed by atoms with Gasteiger partial charge in [-0.05, 0) is 30.7 Å². The summed E-state index contributed by atoms with van der Waals surface area (Å²) < 4.78 is 4.92. The molecule has 0 aliphatic rings. The zero-order valence-corrected chi connectivity index (χ0v) is 14.2. The molecular formula is C18H19N3O5. The smallest absolute Gasteiger partial charge is 0.270 e. The van der Waals surface area contributed by atoms with E-state index in [9.17, 15) is 19.7 Å². The van der Waals surface area contributed by atoms with Crippen LogP contribution in [-0.2, 0) is 4.74 Å². The summed E-state index contributed by atoms with van der Waals surface area (Å²) in [4.78, 5) is 34.6. The molecule has 2 rings (SSSR count). The highest BCUT2D eigenvalue weighted by atomic mass is 16.6. The lowest BCUT2D eigenvalue weighted by atomic mass is 10.1. The number of methoxy groups -OCH3 is 1. The molecule has 0 heterocycles. The Hall–Kier alpha value is -3.26. The Labute approximate surface area is 150 Å². The highest BCUT2D eigenvalue weighted by Gasteiger charge is 2.12. The number of nitrogens with one attached hydrogen (secondary N) is 2. The number of rotatable bonds is 8. The fourth-order valence-electron chi connectivity index (χ4n) is 2.22. The average Bonchev–Trinajstić information content (AvgIpc) is 2.65. The molecule has 0 fully saturated rings. The molecule has 8 nitrogen and oxygen atoms in total. The van der Waals surface area contributed by atoms with Crippen molar-refractivity contribution in [3.63, 3.8) is 0 Å². The predicted octanol–water partition coefficient (Wildman–Crippen LogP) is 2.61. The van der Waals surface area contributed by atoms with Crippen molar-refractivity contribution >= 4 is 23.2 Å². The largest absolute Gasteiger partial charge is 0.385 e. The molecule has 0 atom stereocenters. The van der Waals surface area contributed by atoms with Crippen LogP contribution in [0.15, 0.2) is 48.5 Å². The summed E-state index contributed by atoms with van der Waals surface area (Å²) in [6, 6.07) is 11.9. The topological polar surface area (TPSA) is 111 Å². The van der Waals surface area contributed by atoms with Crippen LogP contribution in [0, 0.1) is 10.1 Å². The molecule has 0 bridgehead atoms. The van der Waals surface area contributed by atoms with Gasteiger partial charge in [0.15, 0.2) is 0 Å². The Balaban J connectivity index is 2.03. The van der Waals surface area contributed by atoms with E-state index < -0.39 is 10.8 Å². The van der Waals surface area contributed by atoms with Crippen LogP contribution in [0.5, 0.6) is 0 Å². The molecule has 0 aromatic heterocycles. The Morgan fingerprint density at radius 3 is 2.46 bits per heavy atom. The van der Waals surface area contributed by atoms with Crippen LogP contribution in [0.25, 0.3) is 0 Å². The lowest BCUT2D eigenvalue weighted by Crippen LogP contribution is -2.25. The Morgan fingerprint density at radius 1 is 1.08 bits per heavy atom. The first-order valence-corrected chi connectivity index (χ1v) is 7.94. The molecule has 8 heteroatoms. The molecule has 26 heavy (non-hydrogen) atoms. The number of carbonyl (C=O) groups excluding carboxylic acids is 2. The van der Waals surface area contributed by atoms with Gasteiger partial charge in [0.1, 0.15) is 0 Å². The number of hydrogen-bond donors (Lipinski definition) is 2. The third kappa shape index (κ3) is 5.38. The van der Waals surface area contributed by atoms with Gasteiger partial charge in [-0.2, -0.15) is 0 Å². The lowest BCUT2D eigenvalue weighted by Gasteiger charge is -2.08. The lowest BCUT2D eigenvalue weighted by molar-refractivity contribution is -0.384. The van der Waals surface area contributed by atoms with Gasteiger partial charge in [0, 0.05) is 49.2 Å². The highest BCUT2D eigenvalue weighted by Crippen LogP contribution is 2.16. The Bertz CT molecular complexity index is 807. The maximum atomic E-state index is 12.3. The van der Waals surface area contributed by atoms with E-state index in [0.29, 0.717) is 30.8 Å². The van der Waals surface area contributed by atoms with Gasteiger partial charge in [-0.3, -0.25) is 19.7 Å². The molecule has 2 aromatic rings. The molecule has 2 amide bonds. The second-order valence-electron chi connectivity index (χ2n) is 5.44. The summed E-state index contributed by atoms with van der Waals surface area (Å²) in [5, 5.41) is 16.2. The van der Waals surface area contributed by atoms with Crippen molar-refractivity contribution in [2.75, 3.05) is 25.6 Å². The van der Waals surface area contributed by atoms with E-state index in [1.165, 1.54) is 24.3 Å². The van der Waals surface area contributed by atoms with Crippen LogP contribution in [0.2, 0.25) is 0 Å². The highest BCUT2D eigenvalue weighted by molar-refractivity contribution is 6.05. The molecule has 0 aliphatic heterocycles. The van der Waals surface area contributed by atoms with E-state index >= 15 is 0 Å². The van der Waals surface area contributed by atoms with Crippen LogP contribution in [-0.4, -0.2) is 37.0 Å². The predicted molar refractivity (Wildman–Crippen MR) is 96.3 cm³/mol. The number of non-ortho nitro benzene ring substituents is 1. The third-order valence-corrected chi connectivity index (χ3v) is 3.51. The number of nitro groups is 1. The zero-order valence-electron chi connectivity index (χ0n) is 14.2. The summed E-state index contributed by atoms with van der Waals surface area (Å²) in [6.45, 7) is 1.04. The van der Waals surface area contributed by atoms with Gasteiger partial charge in [0.25, 0.3) is 17.5 Å². The summed E-state index contributed by atoms with van der Waals surface area (Å²) >= 11 is 0. The van der Waals surface area contributed by atoms with Gasteiger partial charge >= 0.3 is 0 Å². The van der Waals surface area contributed by atoms with Crippen molar-refractivity contribution in [1.29, 1.82) is 0 Å². The first-order chi connectivity index (χ1) is 12.5. The number of nitro benzene ring substituents is 1. The molecule has 2 aromatic carbocycles. The van der Waals surface area contributed by atoms with E-state index in [-0.39, 0.29) is 17.2 Å².